The first kappa shape index (κ1) is 13.1. The van der Waals surface area contributed by atoms with Crippen molar-refractivity contribution in [2.45, 2.75) is 6.42 Å². The number of amides is 1. The number of halogens is 2. The molecule has 0 saturated heterocycles. The molecule has 3 nitrogen and oxygen atoms in total. The first-order valence-electron chi connectivity index (χ1n) is 5.65. The van der Waals surface area contributed by atoms with Gasteiger partial charge in [0.25, 0.3) is 5.91 Å². The summed E-state index contributed by atoms with van der Waals surface area (Å²) < 4.78 is 7.25. The molecule has 2 aromatic rings. The van der Waals surface area contributed by atoms with Crippen LogP contribution < -0.4 is 10.1 Å². The molecule has 1 aliphatic heterocycles. The zero-order valence-corrected chi connectivity index (χ0v) is 13.7. The highest BCUT2D eigenvalue weighted by molar-refractivity contribution is 9.13. The average Bonchev–Trinajstić information content (AvgIpc) is 2.96. The van der Waals surface area contributed by atoms with Crippen molar-refractivity contribution in [3.8, 4) is 5.75 Å². The van der Waals surface area contributed by atoms with Gasteiger partial charge >= 0.3 is 0 Å². The van der Waals surface area contributed by atoms with Crippen LogP contribution in [0.15, 0.2) is 32.5 Å². The predicted molar refractivity (Wildman–Crippen MR) is 83.3 cm³/mol. The van der Waals surface area contributed by atoms with Gasteiger partial charge in [0.1, 0.15) is 5.75 Å². The van der Waals surface area contributed by atoms with E-state index >= 15 is 0 Å². The molecule has 0 unspecified atom stereocenters. The van der Waals surface area contributed by atoms with Gasteiger partial charge in [-0.25, -0.2) is 0 Å². The molecular weight excluding hydrogens is 394 g/mol. The van der Waals surface area contributed by atoms with Crippen LogP contribution in [-0.2, 0) is 6.42 Å². The zero-order chi connectivity index (χ0) is 13.4. The van der Waals surface area contributed by atoms with Crippen LogP contribution in [0.5, 0.6) is 5.75 Å². The van der Waals surface area contributed by atoms with Crippen molar-refractivity contribution in [1.82, 2.24) is 0 Å². The van der Waals surface area contributed by atoms with Crippen molar-refractivity contribution in [2.75, 3.05) is 11.9 Å². The number of thiophene rings is 1. The molecule has 3 rings (SSSR count). The molecule has 0 fully saturated rings. The molecule has 0 atom stereocenters. The predicted octanol–water partition coefficient (Wildman–Crippen LogP) is 4.46. The second-order valence-corrected chi connectivity index (χ2v) is 7.33. The van der Waals surface area contributed by atoms with E-state index in [2.05, 4.69) is 37.2 Å². The quantitative estimate of drug-likeness (QED) is 0.805. The minimum absolute atomic E-state index is 0.102. The lowest BCUT2D eigenvalue weighted by atomic mass is 10.1. The molecule has 6 heteroatoms. The third-order valence-electron chi connectivity index (χ3n) is 2.82. The normalized spacial score (nSPS) is 12.9. The van der Waals surface area contributed by atoms with Crippen LogP contribution in [0.4, 0.5) is 5.69 Å². The fourth-order valence-electron chi connectivity index (χ4n) is 1.92. The van der Waals surface area contributed by atoms with Crippen molar-refractivity contribution in [1.29, 1.82) is 0 Å². The van der Waals surface area contributed by atoms with E-state index in [1.54, 1.807) is 6.07 Å². The number of hydrogen-bond donors (Lipinski definition) is 1. The van der Waals surface area contributed by atoms with Crippen LogP contribution in [0.1, 0.15) is 15.2 Å². The van der Waals surface area contributed by atoms with Crippen LogP contribution >= 0.6 is 43.2 Å². The molecule has 0 bridgehead atoms. The zero-order valence-electron chi connectivity index (χ0n) is 9.70. The highest BCUT2D eigenvalue weighted by Crippen LogP contribution is 2.33. The molecule has 1 N–H and O–H groups in total. The Morgan fingerprint density at radius 3 is 2.89 bits per heavy atom. The monoisotopic (exact) mass is 401 g/mol. The fraction of sp³-hybridized carbons (Fsp3) is 0.154. The molecule has 19 heavy (non-hydrogen) atoms. The van der Waals surface area contributed by atoms with Crippen molar-refractivity contribution in [2.24, 2.45) is 0 Å². The van der Waals surface area contributed by atoms with Crippen molar-refractivity contribution < 1.29 is 9.53 Å². The largest absolute Gasteiger partial charge is 0.493 e. The number of nitrogens with one attached hydrogen (secondary N) is 1. The number of carbonyl (C=O) groups is 1. The number of anilines is 1. The lowest BCUT2D eigenvalue weighted by Gasteiger charge is -2.05. The molecule has 0 spiro atoms. The summed E-state index contributed by atoms with van der Waals surface area (Å²) in [5.41, 5.74) is 1.95. The van der Waals surface area contributed by atoms with Crippen LogP contribution in [0.3, 0.4) is 0 Å². The lowest BCUT2D eigenvalue weighted by Crippen LogP contribution is -2.10. The van der Waals surface area contributed by atoms with Crippen LogP contribution in [0, 0.1) is 0 Å². The fourth-order valence-corrected chi connectivity index (χ4v) is 3.85. The molecule has 1 aliphatic rings. The minimum Gasteiger partial charge on any atom is -0.493 e. The van der Waals surface area contributed by atoms with Gasteiger partial charge in [-0.3, -0.25) is 4.79 Å². The van der Waals surface area contributed by atoms with Crippen LogP contribution in [0.2, 0.25) is 0 Å². The number of hydrogen-bond acceptors (Lipinski definition) is 3. The van der Waals surface area contributed by atoms with Crippen molar-refractivity contribution in [3.63, 3.8) is 0 Å². The number of benzene rings is 1. The third kappa shape index (κ3) is 2.70. The highest BCUT2D eigenvalue weighted by atomic mass is 79.9. The molecule has 0 saturated carbocycles. The first-order valence-corrected chi connectivity index (χ1v) is 8.05. The Morgan fingerprint density at radius 1 is 1.32 bits per heavy atom. The summed E-state index contributed by atoms with van der Waals surface area (Å²) in [4.78, 5) is 12.8. The van der Waals surface area contributed by atoms with E-state index in [4.69, 9.17) is 4.74 Å². The van der Waals surface area contributed by atoms with Gasteiger partial charge in [0.15, 0.2) is 0 Å². The van der Waals surface area contributed by atoms with Crippen molar-refractivity contribution in [3.05, 3.63) is 43.0 Å². The average molecular weight is 403 g/mol. The van der Waals surface area contributed by atoms with Gasteiger partial charge in [-0.2, -0.15) is 0 Å². The van der Waals surface area contributed by atoms with Gasteiger partial charge in [-0.15, -0.1) is 11.3 Å². The Kier molecular flexibility index (Phi) is 3.64. The second kappa shape index (κ2) is 5.26. The SMILES string of the molecule is O=C(Nc1ccc2c(c1)CCO2)c1cc(Br)c(Br)s1. The summed E-state index contributed by atoms with van der Waals surface area (Å²) in [6.07, 6.45) is 0.898. The second-order valence-electron chi connectivity index (χ2n) is 4.11. The van der Waals surface area contributed by atoms with Gasteiger partial charge in [0.05, 0.1) is 15.3 Å². The topological polar surface area (TPSA) is 38.3 Å². The number of carbonyl (C=O) groups excluding carboxylic acids is 1. The molecule has 0 aliphatic carbocycles. The van der Waals surface area contributed by atoms with Gasteiger partial charge < -0.3 is 10.1 Å². The molecular formula is C13H9Br2NO2S. The molecule has 2 heterocycles. The molecule has 1 aromatic carbocycles. The summed E-state index contributed by atoms with van der Waals surface area (Å²) in [5, 5.41) is 2.90. The molecule has 0 radical (unpaired) electrons. The smallest absolute Gasteiger partial charge is 0.265 e. The van der Waals surface area contributed by atoms with E-state index in [1.165, 1.54) is 11.3 Å². The standard InChI is InChI=1S/C13H9Br2NO2S/c14-9-6-11(19-12(9)15)13(17)16-8-1-2-10-7(5-8)3-4-18-10/h1-2,5-6H,3-4H2,(H,16,17). The van der Waals surface area contributed by atoms with E-state index in [-0.39, 0.29) is 5.91 Å². The van der Waals surface area contributed by atoms with Gasteiger partial charge in [-0.1, -0.05) is 0 Å². The Morgan fingerprint density at radius 2 is 2.16 bits per heavy atom. The molecule has 1 amide bonds. The first-order chi connectivity index (χ1) is 9.13. The third-order valence-corrected chi connectivity index (χ3v) is 6.07. The minimum atomic E-state index is -0.102. The lowest BCUT2D eigenvalue weighted by molar-refractivity contribution is 0.103. The summed E-state index contributed by atoms with van der Waals surface area (Å²) in [5.74, 6) is 0.815. The van der Waals surface area contributed by atoms with Crippen LogP contribution in [-0.4, -0.2) is 12.5 Å². The Bertz CT molecular complexity index is 635. The Hall–Kier alpha value is -0.850. The van der Waals surface area contributed by atoms with E-state index in [1.807, 2.05) is 18.2 Å². The summed E-state index contributed by atoms with van der Waals surface area (Å²) in [6, 6.07) is 7.54. The Balaban J connectivity index is 1.79. The van der Waals surface area contributed by atoms with Gasteiger partial charge in [-0.05, 0) is 61.7 Å². The maximum absolute atomic E-state index is 12.1. The van der Waals surface area contributed by atoms with Gasteiger partial charge in [0, 0.05) is 16.6 Å². The number of fused-ring (bicyclic) bond motifs is 1. The van der Waals surface area contributed by atoms with E-state index in [0.717, 1.165) is 38.3 Å². The summed E-state index contributed by atoms with van der Waals surface area (Å²) in [7, 11) is 0. The highest BCUT2D eigenvalue weighted by Gasteiger charge is 2.15. The van der Waals surface area contributed by atoms with Gasteiger partial charge in [0.2, 0.25) is 0 Å². The number of rotatable bonds is 2. The number of ether oxygens (including phenoxy) is 1. The summed E-state index contributed by atoms with van der Waals surface area (Å²) in [6.45, 7) is 0.720. The maximum Gasteiger partial charge on any atom is 0.265 e. The summed E-state index contributed by atoms with van der Waals surface area (Å²) >= 11 is 8.16. The van der Waals surface area contributed by atoms with Crippen molar-refractivity contribution >= 4 is 54.8 Å². The van der Waals surface area contributed by atoms with E-state index < -0.39 is 0 Å². The molecule has 1 aromatic heterocycles. The molecule has 98 valence electrons. The van der Waals surface area contributed by atoms with E-state index in [0.29, 0.717) is 4.88 Å². The van der Waals surface area contributed by atoms with Crippen LogP contribution in [0.25, 0.3) is 0 Å². The Labute approximate surface area is 131 Å². The maximum atomic E-state index is 12.1. The van der Waals surface area contributed by atoms with E-state index in [9.17, 15) is 4.79 Å².